The normalized spacial score (nSPS) is 16.0. The van der Waals surface area contributed by atoms with Gasteiger partial charge in [0, 0.05) is 18.8 Å². The molecule has 0 radical (unpaired) electrons. The third-order valence-corrected chi connectivity index (χ3v) is 3.63. The maximum absolute atomic E-state index is 13.2. The fourth-order valence-corrected chi connectivity index (χ4v) is 2.33. The van der Waals surface area contributed by atoms with E-state index in [1.165, 1.54) is 25.0 Å². The lowest BCUT2D eigenvalue weighted by molar-refractivity contribution is -0.129. The summed E-state index contributed by atoms with van der Waals surface area (Å²) in [7, 11) is 0. The van der Waals surface area contributed by atoms with Gasteiger partial charge < -0.3 is 10.2 Å². The Labute approximate surface area is 117 Å². The predicted molar refractivity (Wildman–Crippen MR) is 74.9 cm³/mol. The van der Waals surface area contributed by atoms with Crippen LogP contribution in [0.25, 0.3) is 0 Å². The van der Waals surface area contributed by atoms with Gasteiger partial charge in [-0.15, -0.1) is 0 Å². The summed E-state index contributed by atoms with van der Waals surface area (Å²) in [5.74, 6) is -0.411. The highest BCUT2D eigenvalue weighted by atomic mass is 35.5. The fourth-order valence-electron chi connectivity index (χ4n) is 2.22. The lowest BCUT2D eigenvalue weighted by atomic mass is 10.2. The number of hydrogen-bond acceptors (Lipinski definition) is 2. The number of carbonyl (C=O) groups excluding carboxylic acids is 1. The van der Waals surface area contributed by atoms with E-state index in [0.29, 0.717) is 5.69 Å². The molecule has 0 atom stereocenters. The SMILES string of the molecule is O=C(CNc1ccc(Cl)c(F)c1)N1CCCCCC1. The number of rotatable bonds is 3. The van der Waals surface area contributed by atoms with E-state index in [1.807, 2.05) is 4.90 Å². The second-order valence-electron chi connectivity index (χ2n) is 4.78. The Bertz CT molecular complexity index is 445. The topological polar surface area (TPSA) is 32.3 Å². The Morgan fingerprint density at radius 1 is 1.26 bits per heavy atom. The largest absolute Gasteiger partial charge is 0.376 e. The molecular formula is C14H18ClFN2O. The average molecular weight is 285 g/mol. The van der Waals surface area contributed by atoms with Crippen LogP contribution < -0.4 is 5.32 Å². The van der Waals surface area contributed by atoms with Crippen molar-refractivity contribution in [3.05, 3.63) is 29.0 Å². The van der Waals surface area contributed by atoms with Crippen LogP contribution in [0, 0.1) is 5.82 Å². The molecule has 0 unspecified atom stereocenters. The number of halogens is 2. The van der Waals surface area contributed by atoms with E-state index in [4.69, 9.17) is 11.6 Å². The van der Waals surface area contributed by atoms with Crippen molar-refractivity contribution in [3.8, 4) is 0 Å². The molecule has 1 N–H and O–H groups in total. The molecule has 0 bridgehead atoms. The van der Waals surface area contributed by atoms with Gasteiger partial charge in [0.05, 0.1) is 11.6 Å². The molecule has 0 aliphatic carbocycles. The third-order valence-electron chi connectivity index (χ3n) is 3.32. The first-order chi connectivity index (χ1) is 9.16. The molecule has 1 aromatic rings. The van der Waals surface area contributed by atoms with Crippen molar-refractivity contribution in [1.82, 2.24) is 4.90 Å². The highest BCUT2D eigenvalue weighted by molar-refractivity contribution is 6.30. The summed E-state index contributed by atoms with van der Waals surface area (Å²) in [6.07, 6.45) is 4.53. The van der Waals surface area contributed by atoms with E-state index < -0.39 is 5.82 Å². The summed E-state index contributed by atoms with van der Waals surface area (Å²) in [5.41, 5.74) is 0.574. The van der Waals surface area contributed by atoms with Crippen molar-refractivity contribution in [3.63, 3.8) is 0 Å². The van der Waals surface area contributed by atoms with Gasteiger partial charge in [0.2, 0.25) is 5.91 Å². The minimum atomic E-state index is -0.478. The van der Waals surface area contributed by atoms with Crippen molar-refractivity contribution in [1.29, 1.82) is 0 Å². The van der Waals surface area contributed by atoms with Crippen LogP contribution in [-0.4, -0.2) is 30.4 Å². The minimum Gasteiger partial charge on any atom is -0.376 e. The summed E-state index contributed by atoms with van der Waals surface area (Å²) in [6, 6.07) is 4.45. The first kappa shape index (κ1) is 14.1. The standard InChI is InChI=1S/C14H18ClFN2O/c15-12-6-5-11(9-13(12)16)17-10-14(19)18-7-3-1-2-4-8-18/h5-6,9,17H,1-4,7-8,10H2. The molecule has 0 aromatic heterocycles. The molecular weight excluding hydrogens is 267 g/mol. The number of carbonyl (C=O) groups is 1. The zero-order valence-electron chi connectivity index (χ0n) is 10.8. The van der Waals surface area contributed by atoms with Gasteiger partial charge in [0.25, 0.3) is 0 Å². The highest BCUT2D eigenvalue weighted by Crippen LogP contribution is 2.18. The van der Waals surface area contributed by atoms with E-state index >= 15 is 0 Å². The Kier molecular flexibility index (Phi) is 5.02. The monoisotopic (exact) mass is 284 g/mol. The zero-order chi connectivity index (χ0) is 13.7. The Morgan fingerprint density at radius 2 is 1.95 bits per heavy atom. The first-order valence-corrected chi connectivity index (χ1v) is 7.01. The molecule has 1 amide bonds. The molecule has 1 aliphatic rings. The van der Waals surface area contributed by atoms with Gasteiger partial charge >= 0.3 is 0 Å². The van der Waals surface area contributed by atoms with Gasteiger partial charge in [-0.05, 0) is 31.0 Å². The third kappa shape index (κ3) is 4.10. The molecule has 2 rings (SSSR count). The van der Waals surface area contributed by atoms with Crippen molar-refractivity contribution in [2.75, 3.05) is 25.0 Å². The summed E-state index contributed by atoms with van der Waals surface area (Å²) < 4.78 is 13.2. The summed E-state index contributed by atoms with van der Waals surface area (Å²) in [5, 5.41) is 3.03. The summed E-state index contributed by atoms with van der Waals surface area (Å²) >= 11 is 5.61. The maximum Gasteiger partial charge on any atom is 0.241 e. The van der Waals surface area contributed by atoms with Crippen molar-refractivity contribution >= 4 is 23.2 Å². The molecule has 1 saturated heterocycles. The van der Waals surface area contributed by atoms with E-state index in [-0.39, 0.29) is 17.5 Å². The lowest BCUT2D eigenvalue weighted by Gasteiger charge is -2.20. The fraction of sp³-hybridized carbons (Fsp3) is 0.500. The Hall–Kier alpha value is -1.29. The van der Waals surface area contributed by atoms with Crippen LogP contribution in [0.15, 0.2) is 18.2 Å². The van der Waals surface area contributed by atoms with Crippen molar-refractivity contribution in [2.45, 2.75) is 25.7 Å². The number of amides is 1. The second-order valence-corrected chi connectivity index (χ2v) is 5.18. The van der Waals surface area contributed by atoms with Crippen molar-refractivity contribution < 1.29 is 9.18 Å². The van der Waals surface area contributed by atoms with Crippen LogP contribution in [0.4, 0.5) is 10.1 Å². The molecule has 1 heterocycles. The van der Waals surface area contributed by atoms with E-state index in [1.54, 1.807) is 6.07 Å². The van der Waals surface area contributed by atoms with Crippen LogP contribution in [-0.2, 0) is 4.79 Å². The quantitative estimate of drug-likeness (QED) is 0.924. The molecule has 0 spiro atoms. The molecule has 3 nitrogen and oxygen atoms in total. The lowest BCUT2D eigenvalue weighted by Crippen LogP contribution is -2.36. The van der Waals surface area contributed by atoms with Crippen LogP contribution in [0.1, 0.15) is 25.7 Å². The molecule has 1 aromatic carbocycles. The minimum absolute atomic E-state index is 0.0669. The predicted octanol–water partition coefficient (Wildman–Crippen LogP) is 3.29. The number of nitrogens with one attached hydrogen (secondary N) is 1. The average Bonchev–Trinajstić information content (AvgIpc) is 2.69. The first-order valence-electron chi connectivity index (χ1n) is 6.63. The van der Waals surface area contributed by atoms with E-state index in [9.17, 15) is 9.18 Å². The molecule has 104 valence electrons. The van der Waals surface area contributed by atoms with Gasteiger partial charge in [-0.1, -0.05) is 24.4 Å². The molecule has 0 saturated carbocycles. The van der Waals surface area contributed by atoms with Gasteiger partial charge in [-0.2, -0.15) is 0 Å². The number of likely N-dealkylation sites (tertiary alicyclic amines) is 1. The van der Waals surface area contributed by atoms with E-state index in [0.717, 1.165) is 25.9 Å². The Balaban J connectivity index is 1.86. The Morgan fingerprint density at radius 3 is 2.58 bits per heavy atom. The van der Waals surface area contributed by atoms with Gasteiger partial charge in [0.1, 0.15) is 5.82 Å². The van der Waals surface area contributed by atoms with Crippen LogP contribution >= 0.6 is 11.6 Å². The van der Waals surface area contributed by atoms with Crippen molar-refractivity contribution in [2.24, 2.45) is 0 Å². The second kappa shape index (κ2) is 6.75. The number of anilines is 1. The smallest absolute Gasteiger partial charge is 0.241 e. The number of nitrogens with zero attached hydrogens (tertiary/aromatic N) is 1. The molecule has 1 fully saturated rings. The maximum atomic E-state index is 13.2. The van der Waals surface area contributed by atoms with E-state index in [2.05, 4.69) is 5.32 Å². The molecule has 5 heteroatoms. The number of benzene rings is 1. The number of hydrogen-bond donors (Lipinski definition) is 1. The summed E-state index contributed by atoms with van der Waals surface area (Å²) in [6.45, 7) is 1.85. The molecule has 1 aliphatic heterocycles. The van der Waals surface area contributed by atoms with Gasteiger partial charge in [0.15, 0.2) is 0 Å². The van der Waals surface area contributed by atoms with Crippen LogP contribution in [0.2, 0.25) is 5.02 Å². The van der Waals surface area contributed by atoms with Crippen LogP contribution in [0.3, 0.4) is 0 Å². The van der Waals surface area contributed by atoms with Crippen LogP contribution in [0.5, 0.6) is 0 Å². The summed E-state index contributed by atoms with van der Waals surface area (Å²) in [4.78, 5) is 13.9. The van der Waals surface area contributed by atoms with Gasteiger partial charge in [-0.3, -0.25) is 4.79 Å². The molecule has 19 heavy (non-hydrogen) atoms. The highest BCUT2D eigenvalue weighted by Gasteiger charge is 2.15. The van der Waals surface area contributed by atoms with Gasteiger partial charge in [-0.25, -0.2) is 4.39 Å². The zero-order valence-corrected chi connectivity index (χ0v) is 11.5.